The number of carbonyl (C=O) groups is 3. The maximum atomic E-state index is 13.6. The lowest BCUT2D eigenvalue weighted by Gasteiger charge is -2.19. The predicted molar refractivity (Wildman–Crippen MR) is 154 cm³/mol. The summed E-state index contributed by atoms with van der Waals surface area (Å²) in [5.41, 5.74) is 1.49. The molecule has 0 saturated carbocycles. The lowest BCUT2D eigenvalue weighted by Crippen LogP contribution is -2.31. The maximum absolute atomic E-state index is 13.6. The number of nitrogens with zero attached hydrogens (tertiary/aromatic N) is 2. The summed E-state index contributed by atoms with van der Waals surface area (Å²) in [6.45, 7) is 5.41. The number of benzene rings is 2. The Kier molecular flexibility index (Phi) is 8.75. The predicted octanol–water partition coefficient (Wildman–Crippen LogP) is 6.21. The highest BCUT2D eigenvalue weighted by Crippen LogP contribution is 2.33. The summed E-state index contributed by atoms with van der Waals surface area (Å²) in [6.07, 6.45) is 1.56. The highest BCUT2D eigenvalue weighted by molar-refractivity contribution is 8.26. The Labute approximate surface area is 239 Å². The van der Waals surface area contributed by atoms with Gasteiger partial charge in [-0.15, -0.1) is 0 Å². The van der Waals surface area contributed by atoms with Crippen LogP contribution >= 0.6 is 24.0 Å². The van der Waals surface area contributed by atoms with Crippen LogP contribution in [0.3, 0.4) is 0 Å². The molecule has 7 nitrogen and oxygen atoms in total. The number of nitrogens with one attached hydrogen (secondary N) is 1. The molecule has 206 valence electrons. The van der Waals surface area contributed by atoms with Gasteiger partial charge in [-0.3, -0.25) is 14.5 Å². The number of rotatable bonds is 7. The number of thiocarbonyl (C=S) groups is 1. The molecule has 1 saturated heterocycles. The lowest BCUT2D eigenvalue weighted by molar-refractivity contribution is -0.122. The molecule has 3 aromatic rings. The SMILES string of the molecule is CC(C)(C)OC(=O)c1ccc(NC(=O)CCN2C(=O)C(=Cc3cccc(-c4ccc(F)c(F)c4)n3)SC2=S)cc1. The van der Waals surface area contributed by atoms with Crippen molar-refractivity contribution in [2.24, 2.45) is 0 Å². The molecular formula is C29H25F2N3O4S2. The van der Waals surface area contributed by atoms with Crippen LogP contribution in [-0.2, 0) is 14.3 Å². The first kappa shape index (κ1) is 29.0. The van der Waals surface area contributed by atoms with Crippen LogP contribution in [0, 0.1) is 11.6 Å². The van der Waals surface area contributed by atoms with Gasteiger partial charge >= 0.3 is 5.97 Å². The molecule has 2 amide bonds. The Morgan fingerprint density at radius 2 is 1.80 bits per heavy atom. The topological polar surface area (TPSA) is 88.6 Å². The zero-order valence-electron chi connectivity index (χ0n) is 21.9. The van der Waals surface area contributed by atoms with Crippen LogP contribution in [0.15, 0.2) is 65.6 Å². The van der Waals surface area contributed by atoms with Crippen LogP contribution in [0.25, 0.3) is 17.3 Å². The van der Waals surface area contributed by atoms with Crippen molar-refractivity contribution in [1.82, 2.24) is 9.88 Å². The number of ether oxygens (including phenoxy) is 1. The summed E-state index contributed by atoms with van der Waals surface area (Å²) in [7, 11) is 0. The number of aromatic nitrogens is 1. The Hall–Kier alpha value is -3.96. The fourth-order valence-electron chi connectivity index (χ4n) is 3.64. The summed E-state index contributed by atoms with van der Waals surface area (Å²) >= 11 is 6.44. The number of carbonyl (C=O) groups excluding carboxylic acids is 3. The van der Waals surface area contributed by atoms with E-state index in [0.29, 0.717) is 37.4 Å². The molecule has 2 aromatic carbocycles. The third-order valence-electron chi connectivity index (χ3n) is 5.50. The van der Waals surface area contributed by atoms with Gasteiger partial charge in [-0.05, 0) is 81.4 Å². The van der Waals surface area contributed by atoms with Crippen molar-refractivity contribution < 1.29 is 27.9 Å². The summed E-state index contributed by atoms with van der Waals surface area (Å²) < 4.78 is 32.6. The molecule has 1 aliphatic rings. The number of hydrogen-bond donors (Lipinski definition) is 1. The number of pyridine rings is 1. The van der Waals surface area contributed by atoms with Gasteiger partial charge in [0.05, 0.1) is 21.9 Å². The number of hydrogen-bond acceptors (Lipinski definition) is 7. The summed E-state index contributed by atoms with van der Waals surface area (Å²) in [4.78, 5) is 43.8. The Balaban J connectivity index is 1.35. The minimum atomic E-state index is -0.979. The smallest absolute Gasteiger partial charge is 0.338 e. The molecule has 1 aliphatic heterocycles. The van der Waals surface area contributed by atoms with Crippen molar-refractivity contribution in [3.63, 3.8) is 0 Å². The van der Waals surface area contributed by atoms with Crippen LogP contribution < -0.4 is 5.32 Å². The van der Waals surface area contributed by atoms with E-state index in [1.54, 1.807) is 69.3 Å². The van der Waals surface area contributed by atoms with Gasteiger partial charge in [0, 0.05) is 24.2 Å². The number of thioether (sulfide) groups is 1. The minimum absolute atomic E-state index is 0.00258. The van der Waals surface area contributed by atoms with E-state index in [9.17, 15) is 23.2 Å². The van der Waals surface area contributed by atoms with Gasteiger partial charge in [-0.1, -0.05) is 30.0 Å². The molecule has 40 heavy (non-hydrogen) atoms. The first-order valence-corrected chi connectivity index (χ1v) is 13.4. The second-order valence-corrected chi connectivity index (χ2v) is 11.5. The van der Waals surface area contributed by atoms with Gasteiger partial charge in [-0.2, -0.15) is 0 Å². The Morgan fingerprint density at radius 1 is 1.07 bits per heavy atom. The fourth-order valence-corrected chi connectivity index (χ4v) is 4.93. The van der Waals surface area contributed by atoms with E-state index in [4.69, 9.17) is 17.0 Å². The molecule has 0 radical (unpaired) electrons. The average molecular weight is 582 g/mol. The van der Waals surface area contributed by atoms with Crippen molar-refractivity contribution in [3.05, 3.63) is 88.5 Å². The summed E-state index contributed by atoms with van der Waals surface area (Å²) in [5.74, 6) is -3.08. The monoisotopic (exact) mass is 581 g/mol. The van der Waals surface area contributed by atoms with E-state index in [2.05, 4.69) is 10.3 Å². The minimum Gasteiger partial charge on any atom is -0.456 e. The third kappa shape index (κ3) is 7.36. The molecule has 11 heteroatoms. The number of halogens is 2. The zero-order chi connectivity index (χ0) is 29.0. The quantitative estimate of drug-likeness (QED) is 0.202. The zero-order valence-corrected chi connectivity index (χ0v) is 23.5. The van der Waals surface area contributed by atoms with Crippen LogP contribution in [0.1, 0.15) is 43.2 Å². The number of esters is 1. The molecule has 0 unspecified atom stereocenters. The fraction of sp³-hybridized carbons (Fsp3) is 0.207. The Morgan fingerprint density at radius 3 is 2.48 bits per heavy atom. The molecule has 0 aliphatic carbocycles. The first-order chi connectivity index (χ1) is 18.9. The summed E-state index contributed by atoms with van der Waals surface area (Å²) in [5, 5.41) is 2.74. The first-order valence-electron chi connectivity index (χ1n) is 12.2. The van der Waals surface area contributed by atoms with Crippen molar-refractivity contribution in [2.45, 2.75) is 32.8 Å². The third-order valence-corrected chi connectivity index (χ3v) is 6.88. The van der Waals surface area contributed by atoms with Gasteiger partial charge in [-0.25, -0.2) is 18.6 Å². The highest BCUT2D eigenvalue weighted by Gasteiger charge is 2.32. The van der Waals surface area contributed by atoms with Gasteiger partial charge < -0.3 is 10.1 Å². The summed E-state index contributed by atoms with van der Waals surface area (Å²) in [6, 6.07) is 14.8. The maximum Gasteiger partial charge on any atom is 0.338 e. The largest absolute Gasteiger partial charge is 0.456 e. The number of anilines is 1. The standard InChI is InChI=1S/C29H25F2N3O4S2/c1-29(2,3)38-27(37)17-7-10-19(11-8-17)33-25(35)13-14-34-26(36)24(40-28(34)39)16-20-5-4-6-23(32-20)18-9-12-21(30)22(31)15-18/h4-12,15-16H,13-14H2,1-3H3,(H,33,35). The van der Waals surface area contributed by atoms with Gasteiger partial charge in [0.1, 0.15) is 9.92 Å². The second-order valence-electron chi connectivity index (χ2n) is 9.79. The van der Waals surface area contributed by atoms with Gasteiger partial charge in [0.15, 0.2) is 11.6 Å². The normalized spacial score (nSPS) is 14.5. The van der Waals surface area contributed by atoms with E-state index in [-0.39, 0.29) is 24.8 Å². The van der Waals surface area contributed by atoms with Crippen LogP contribution in [0.4, 0.5) is 14.5 Å². The van der Waals surface area contributed by atoms with E-state index < -0.39 is 23.2 Å². The molecule has 1 N–H and O–H groups in total. The van der Waals surface area contributed by atoms with Crippen LogP contribution in [0.5, 0.6) is 0 Å². The van der Waals surface area contributed by atoms with Crippen molar-refractivity contribution >= 4 is 57.8 Å². The molecular weight excluding hydrogens is 556 g/mol. The van der Waals surface area contributed by atoms with E-state index in [1.165, 1.54) is 11.0 Å². The van der Waals surface area contributed by atoms with E-state index in [0.717, 1.165) is 23.9 Å². The van der Waals surface area contributed by atoms with Crippen LogP contribution in [0.2, 0.25) is 0 Å². The lowest BCUT2D eigenvalue weighted by atomic mass is 10.1. The molecule has 2 heterocycles. The average Bonchev–Trinajstić information content (AvgIpc) is 3.15. The van der Waals surface area contributed by atoms with Crippen LogP contribution in [-0.4, -0.2) is 44.1 Å². The van der Waals surface area contributed by atoms with Crippen molar-refractivity contribution in [3.8, 4) is 11.3 Å². The molecule has 0 bridgehead atoms. The second kappa shape index (κ2) is 12.1. The number of amides is 2. The van der Waals surface area contributed by atoms with Gasteiger partial charge in [0.25, 0.3) is 5.91 Å². The van der Waals surface area contributed by atoms with Crippen molar-refractivity contribution in [2.75, 3.05) is 11.9 Å². The molecule has 0 spiro atoms. The van der Waals surface area contributed by atoms with E-state index in [1.807, 2.05) is 0 Å². The Bertz CT molecular complexity index is 1520. The molecule has 4 rings (SSSR count). The molecule has 0 atom stereocenters. The highest BCUT2D eigenvalue weighted by atomic mass is 32.2. The molecule has 1 fully saturated rings. The van der Waals surface area contributed by atoms with E-state index >= 15 is 0 Å². The van der Waals surface area contributed by atoms with Crippen molar-refractivity contribution in [1.29, 1.82) is 0 Å². The van der Waals surface area contributed by atoms with Gasteiger partial charge in [0.2, 0.25) is 5.91 Å². The molecule has 1 aromatic heterocycles.